The van der Waals surface area contributed by atoms with Gasteiger partial charge in [-0.05, 0) is 31.0 Å². The molecule has 0 aromatic heterocycles. The van der Waals surface area contributed by atoms with Crippen LogP contribution in [-0.4, -0.2) is 0 Å². The standard InChI is InChI=1S/C9H7F3/c1-6-3-4-7(2)8(5-6)9(10,11)12/h1,3-5H,2H3. The molecule has 2 radical (unpaired) electrons. The number of halogens is 3. The maximum atomic E-state index is 12.2. The molecule has 1 aromatic carbocycles. The number of hydrogen-bond donors (Lipinski definition) is 0. The molecule has 0 nitrogen and oxygen atoms in total. The first-order valence-electron chi connectivity index (χ1n) is 3.34. The van der Waals surface area contributed by atoms with E-state index in [9.17, 15) is 13.2 Å². The second-order valence-corrected chi connectivity index (χ2v) is 2.57. The van der Waals surface area contributed by atoms with Gasteiger partial charge >= 0.3 is 6.18 Å². The second-order valence-electron chi connectivity index (χ2n) is 2.57. The summed E-state index contributed by atoms with van der Waals surface area (Å²) in [5, 5.41) is 0. The normalized spacial score (nSPS) is 11.8. The van der Waals surface area contributed by atoms with Crippen LogP contribution in [-0.2, 0) is 6.18 Å². The predicted octanol–water partition coefficient (Wildman–Crippen LogP) is 3.07. The molecule has 0 aliphatic carbocycles. The van der Waals surface area contributed by atoms with Crippen LogP contribution in [0.15, 0.2) is 18.2 Å². The molecule has 0 atom stereocenters. The third kappa shape index (κ3) is 1.78. The average molecular weight is 172 g/mol. The van der Waals surface area contributed by atoms with Gasteiger partial charge in [0.15, 0.2) is 0 Å². The van der Waals surface area contributed by atoms with E-state index in [4.69, 9.17) is 6.92 Å². The number of alkyl halides is 3. The van der Waals surface area contributed by atoms with Gasteiger partial charge in [-0.15, -0.1) is 0 Å². The third-order valence-electron chi connectivity index (χ3n) is 1.57. The lowest BCUT2D eigenvalue weighted by molar-refractivity contribution is -0.138. The van der Waals surface area contributed by atoms with Crippen LogP contribution in [0.4, 0.5) is 13.2 Å². The monoisotopic (exact) mass is 172 g/mol. The van der Waals surface area contributed by atoms with Crippen LogP contribution in [0.1, 0.15) is 16.7 Å². The predicted molar refractivity (Wildman–Crippen MR) is 39.6 cm³/mol. The molecule has 12 heavy (non-hydrogen) atoms. The summed E-state index contributed by atoms with van der Waals surface area (Å²) in [6.07, 6.45) is -4.31. The first kappa shape index (κ1) is 9.10. The zero-order valence-electron chi connectivity index (χ0n) is 6.44. The summed E-state index contributed by atoms with van der Waals surface area (Å²) in [6, 6.07) is 3.75. The van der Waals surface area contributed by atoms with Crippen LogP contribution in [0, 0.1) is 13.8 Å². The molecule has 0 aliphatic rings. The maximum Gasteiger partial charge on any atom is 0.416 e. The number of hydrogen-bond acceptors (Lipinski definition) is 0. The molecule has 0 saturated heterocycles. The van der Waals surface area contributed by atoms with Crippen LogP contribution in [0.5, 0.6) is 0 Å². The Kier molecular flexibility index (Phi) is 2.13. The molecular weight excluding hydrogens is 165 g/mol. The first-order valence-corrected chi connectivity index (χ1v) is 3.34. The molecule has 3 heteroatoms. The van der Waals surface area contributed by atoms with E-state index < -0.39 is 11.7 Å². The van der Waals surface area contributed by atoms with E-state index in [2.05, 4.69) is 0 Å². The van der Waals surface area contributed by atoms with Crippen molar-refractivity contribution in [3.8, 4) is 0 Å². The third-order valence-corrected chi connectivity index (χ3v) is 1.57. The second kappa shape index (κ2) is 2.81. The van der Waals surface area contributed by atoms with Gasteiger partial charge in [0.05, 0.1) is 5.56 Å². The molecule has 1 rings (SSSR count). The van der Waals surface area contributed by atoms with Crippen molar-refractivity contribution in [2.75, 3.05) is 0 Å². The number of benzene rings is 1. The summed E-state index contributed by atoms with van der Waals surface area (Å²) in [6.45, 7) is 6.63. The Morgan fingerprint density at radius 3 is 2.25 bits per heavy atom. The fourth-order valence-electron chi connectivity index (χ4n) is 0.945. The highest BCUT2D eigenvalue weighted by molar-refractivity contribution is 5.34. The van der Waals surface area contributed by atoms with E-state index >= 15 is 0 Å². The van der Waals surface area contributed by atoms with Gasteiger partial charge in [-0.25, -0.2) is 0 Å². The Morgan fingerprint density at radius 2 is 1.83 bits per heavy atom. The minimum Gasteiger partial charge on any atom is -0.166 e. The van der Waals surface area contributed by atoms with Crippen molar-refractivity contribution < 1.29 is 13.2 Å². The van der Waals surface area contributed by atoms with Gasteiger partial charge < -0.3 is 0 Å². The van der Waals surface area contributed by atoms with E-state index in [1.54, 1.807) is 0 Å². The summed E-state index contributed by atoms with van der Waals surface area (Å²) >= 11 is 0. The van der Waals surface area contributed by atoms with Crippen LogP contribution >= 0.6 is 0 Å². The van der Waals surface area contributed by atoms with Crippen molar-refractivity contribution in [1.29, 1.82) is 0 Å². The quantitative estimate of drug-likeness (QED) is 0.564. The minimum absolute atomic E-state index is 0.132. The van der Waals surface area contributed by atoms with Gasteiger partial charge in [0.2, 0.25) is 0 Å². The van der Waals surface area contributed by atoms with E-state index in [-0.39, 0.29) is 11.1 Å². The van der Waals surface area contributed by atoms with Crippen molar-refractivity contribution >= 4 is 0 Å². The molecule has 0 heterocycles. The lowest BCUT2D eigenvalue weighted by atomic mass is 10.1. The molecule has 0 aliphatic heterocycles. The molecule has 1 aromatic rings. The summed E-state index contributed by atoms with van der Waals surface area (Å²) in [7, 11) is 0. The van der Waals surface area contributed by atoms with Gasteiger partial charge in [-0.1, -0.05) is 12.1 Å². The van der Waals surface area contributed by atoms with E-state index in [0.29, 0.717) is 0 Å². The number of rotatable bonds is 0. The van der Waals surface area contributed by atoms with Gasteiger partial charge in [0.1, 0.15) is 0 Å². The molecule has 0 spiro atoms. The highest BCUT2D eigenvalue weighted by atomic mass is 19.4. The molecular formula is C9H7F3. The molecule has 0 N–H and O–H groups in total. The van der Waals surface area contributed by atoms with Crippen LogP contribution in [0.3, 0.4) is 0 Å². The van der Waals surface area contributed by atoms with Gasteiger partial charge in [0.25, 0.3) is 0 Å². The summed E-state index contributed by atoms with van der Waals surface area (Å²) in [4.78, 5) is 0. The highest BCUT2D eigenvalue weighted by Gasteiger charge is 2.31. The molecule has 0 bridgehead atoms. The molecule has 0 unspecified atom stereocenters. The Morgan fingerprint density at radius 1 is 1.25 bits per heavy atom. The van der Waals surface area contributed by atoms with Crippen LogP contribution in [0.2, 0.25) is 0 Å². The molecule has 0 amide bonds. The number of aryl methyl sites for hydroxylation is 1. The Balaban J connectivity index is 3.23. The van der Waals surface area contributed by atoms with E-state index in [1.165, 1.54) is 19.1 Å². The smallest absolute Gasteiger partial charge is 0.166 e. The van der Waals surface area contributed by atoms with Crippen LogP contribution < -0.4 is 0 Å². The summed E-state index contributed by atoms with van der Waals surface area (Å²) in [5.41, 5.74) is -0.341. The highest BCUT2D eigenvalue weighted by Crippen LogP contribution is 2.31. The molecule has 0 saturated carbocycles. The maximum absolute atomic E-state index is 12.2. The zero-order valence-corrected chi connectivity index (χ0v) is 6.44. The van der Waals surface area contributed by atoms with Crippen molar-refractivity contribution in [3.05, 3.63) is 41.8 Å². The van der Waals surface area contributed by atoms with Gasteiger partial charge in [-0.3, -0.25) is 0 Å². The van der Waals surface area contributed by atoms with Crippen molar-refractivity contribution in [3.63, 3.8) is 0 Å². The lowest BCUT2D eigenvalue weighted by Gasteiger charge is -2.10. The minimum atomic E-state index is -4.31. The van der Waals surface area contributed by atoms with Gasteiger partial charge in [-0.2, -0.15) is 13.2 Å². The molecule has 64 valence electrons. The summed E-state index contributed by atoms with van der Waals surface area (Å²) < 4.78 is 36.5. The van der Waals surface area contributed by atoms with Crippen molar-refractivity contribution in [1.82, 2.24) is 0 Å². The van der Waals surface area contributed by atoms with Crippen molar-refractivity contribution in [2.24, 2.45) is 0 Å². The Labute approximate surface area is 69.0 Å². The fourth-order valence-corrected chi connectivity index (χ4v) is 0.945. The Hall–Kier alpha value is -0.990. The largest absolute Gasteiger partial charge is 0.416 e. The van der Waals surface area contributed by atoms with Crippen LogP contribution in [0.25, 0.3) is 0 Å². The SMILES string of the molecule is [CH]c1ccc(C)c(C(F)(F)F)c1. The van der Waals surface area contributed by atoms with E-state index in [1.807, 2.05) is 0 Å². The summed E-state index contributed by atoms with van der Waals surface area (Å²) in [5.74, 6) is 0. The van der Waals surface area contributed by atoms with E-state index in [0.717, 1.165) is 6.07 Å². The first-order chi connectivity index (χ1) is 5.41. The topological polar surface area (TPSA) is 0 Å². The van der Waals surface area contributed by atoms with Crippen molar-refractivity contribution in [2.45, 2.75) is 13.1 Å². The average Bonchev–Trinajstić information content (AvgIpc) is 1.92. The lowest BCUT2D eigenvalue weighted by Crippen LogP contribution is -2.07. The fraction of sp³-hybridized carbons (Fsp3) is 0.222. The zero-order chi connectivity index (χ0) is 9.35. The molecule has 0 fully saturated rings. The van der Waals surface area contributed by atoms with Gasteiger partial charge in [0, 0.05) is 0 Å². The Bertz CT molecular complexity index is 286.